The van der Waals surface area contributed by atoms with Crippen molar-refractivity contribution in [3.63, 3.8) is 0 Å². The SMILES string of the molecule is CN(Cc1ccc(F)cc1)C(=O)CN1C(=O)N[C@]2(CCCc3sccc32)C1=O. The lowest BCUT2D eigenvalue weighted by Crippen LogP contribution is -2.46. The van der Waals surface area contributed by atoms with E-state index in [9.17, 15) is 18.8 Å². The maximum atomic E-state index is 13.1. The molecule has 1 aliphatic carbocycles. The highest BCUT2D eigenvalue weighted by atomic mass is 32.1. The summed E-state index contributed by atoms with van der Waals surface area (Å²) in [6.45, 7) is -0.0494. The van der Waals surface area contributed by atoms with Crippen LogP contribution in [0.3, 0.4) is 0 Å². The van der Waals surface area contributed by atoms with Gasteiger partial charge in [-0.1, -0.05) is 12.1 Å². The minimum absolute atomic E-state index is 0.266. The Bertz CT molecular complexity index is 942. The third-order valence-corrected chi connectivity index (χ3v) is 6.37. The Labute approximate surface area is 165 Å². The van der Waals surface area contributed by atoms with Gasteiger partial charge in [-0.15, -0.1) is 11.3 Å². The normalized spacial score (nSPS) is 21.0. The van der Waals surface area contributed by atoms with E-state index < -0.39 is 11.6 Å². The molecule has 1 aliphatic heterocycles. The van der Waals surface area contributed by atoms with Gasteiger partial charge in [0, 0.05) is 24.0 Å². The number of nitrogens with one attached hydrogen (secondary N) is 1. The largest absolute Gasteiger partial charge is 0.340 e. The molecule has 6 nitrogen and oxygen atoms in total. The highest BCUT2D eigenvalue weighted by Gasteiger charge is 2.54. The lowest BCUT2D eigenvalue weighted by Gasteiger charge is -2.31. The lowest BCUT2D eigenvalue weighted by molar-refractivity contribution is -0.139. The number of hydrogen-bond acceptors (Lipinski definition) is 4. The molecule has 1 aromatic heterocycles. The van der Waals surface area contributed by atoms with Crippen molar-refractivity contribution in [3.05, 3.63) is 57.5 Å². The molecule has 28 heavy (non-hydrogen) atoms. The third-order valence-electron chi connectivity index (χ3n) is 5.39. The smallest absolute Gasteiger partial charge is 0.325 e. The second kappa shape index (κ2) is 7.01. The molecule has 1 atom stereocenters. The van der Waals surface area contributed by atoms with E-state index in [0.29, 0.717) is 6.42 Å². The lowest BCUT2D eigenvalue weighted by atomic mass is 9.80. The third kappa shape index (κ3) is 3.07. The molecule has 1 N–H and O–H groups in total. The zero-order valence-electron chi connectivity index (χ0n) is 15.4. The number of thiophene rings is 1. The van der Waals surface area contributed by atoms with Crippen molar-refractivity contribution in [2.24, 2.45) is 0 Å². The average Bonchev–Trinajstić information content (AvgIpc) is 3.24. The summed E-state index contributed by atoms with van der Waals surface area (Å²) in [5.74, 6) is -1.06. The van der Waals surface area contributed by atoms with Crippen molar-refractivity contribution in [3.8, 4) is 0 Å². The van der Waals surface area contributed by atoms with Gasteiger partial charge in [0.15, 0.2) is 0 Å². The standard InChI is InChI=1S/C20H20FN3O3S/c1-23(11-13-4-6-14(21)7-5-13)17(25)12-24-18(26)20(22-19(24)27)9-2-3-16-15(20)8-10-28-16/h4-8,10H,2-3,9,11-12H2,1H3,(H,22,27)/t20-/m0/s1. The highest BCUT2D eigenvalue weighted by Crippen LogP contribution is 2.42. The minimum Gasteiger partial charge on any atom is -0.340 e. The summed E-state index contributed by atoms with van der Waals surface area (Å²) in [6.07, 6.45) is 2.25. The molecule has 4 rings (SSSR count). The zero-order valence-corrected chi connectivity index (χ0v) is 16.2. The first-order valence-electron chi connectivity index (χ1n) is 9.10. The molecular formula is C20H20FN3O3S. The van der Waals surface area contributed by atoms with Crippen molar-refractivity contribution in [2.45, 2.75) is 31.3 Å². The molecule has 4 amide bonds. The Morgan fingerprint density at radius 2 is 2.04 bits per heavy atom. The molecule has 1 saturated heterocycles. The number of urea groups is 1. The predicted molar refractivity (Wildman–Crippen MR) is 102 cm³/mol. The van der Waals surface area contributed by atoms with Gasteiger partial charge in [-0.2, -0.15) is 0 Å². The number of halogens is 1. The first-order valence-corrected chi connectivity index (χ1v) is 9.98. The van der Waals surface area contributed by atoms with Crippen LogP contribution >= 0.6 is 11.3 Å². The maximum Gasteiger partial charge on any atom is 0.325 e. The predicted octanol–water partition coefficient (Wildman–Crippen LogP) is 2.63. The fourth-order valence-electron chi connectivity index (χ4n) is 3.89. The fraction of sp³-hybridized carbons (Fsp3) is 0.350. The van der Waals surface area contributed by atoms with Crippen molar-refractivity contribution >= 4 is 29.2 Å². The van der Waals surface area contributed by atoms with Gasteiger partial charge in [-0.3, -0.25) is 14.5 Å². The van der Waals surface area contributed by atoms with E-state index in [-0.39, 0.29) is 30.7 Å². The van der Waals surface area contributed by atoms with Crippen LogP contribution < -0.4 is 5.32 Å². The Hall–Kier alpha value is -2.74. The zero-order chi connectivity index (χ0) is 19.9. The van der Waals surface area contributed by atoms with E-state index in [0.717, 1.165) is 33.7 Å². The molecule has 2 aromatic rings. The number of fused-ring (bicyclic) bond motifs is 2. The number of aryl methyl sites for hydroxylation is 1. The number of benzene rings is 1. The Kier molecular flexibility index (Phi) is 4.66. The van der Waals surface area contributed by atoms with Gasteiger partial charge in [0.2, 0.25) is 5.91 Å². The topological polar surface area (TPSA) is 69.7 Å². The second-order valence-electron chi connectivity index (χ2n) is 7.21. The first kappa shape index (κ1) is 18.6. The molecule has 1 aromatic carbocycles. The van der Waals surface area contributed by atoms with E-state index in [4.69, 9.17) is 0 Å². The van der Waals surface area contributed by atoms with Crippen molar-refractivity contribution in [1.82, 2.24) is 15.1 Å². The second-order valence-corrected chi connectivity index (χ2v) is 8.21. The number of likely N-dealkylation sites (N-methyl/N-ethyl adjacent to an activating group) is 1. The van der Waals surface area contributed by atoms with Crippen LogP contribution in [0, 0.1) is 5.82 Å². The number of amides is 4. The molecule has 0 bridgehead atoms. The Balaban J connectivity index is 1.48. The first-order chi connectivity index (χ1) is 13.4. The van der Waals surface area contributed by atoms with Crippen LogP contribution in [-0.4, -0.2) is 41.2 Å². The van der Waals surface area contributed by atoms with Crippen LogP contribution in [0.5, 0.6) is 0 Å². The van der Waals surface area contributed by atoms with Crippen molar-refractivity contribution in [2.75, 3.05) is 13.6 Å². The van der Waals surface area contributed by atoms with Gasteiger partial charge in [0.25, 0.3) is 5.91 Å². The average molecular weight is 401 g/mol. The summed E-state index contributed by atoms with van der Waals surface area (Å²) in [5.41, 5.74) is 0.582. The maximum absolute atomic E-state index is 13.1. The molecule has 0 saturated carbocycles. The number of imide groups is 1. The van der Waals surface area contributed by atoms with Crippen LogP contribution in [-0.2, 0) is 28.1 Å². The fourth-order valence-corrected chi connectivity index (χ4v) is 4.89. The number of carbonyl (C=O) groups excluding carboxylic acids is 3. The van der Waals surface area contributed by atoms with Crippen molar-refractivity contribution in [1.29, 1.82) is 0 Å². The molecule has 0 radical (unpaired) electrons. The Morgan fingerprint density at radius 1 is 1.29 bits per heavy atom. The number of carbonyl (C=O) groups is 3. The quantitative estimate of drug-likeness (QED) is 0.801. The minimum atomic E-state index is -1.04. The molecule has 1 fully saturated rings. The summed E-state index contributed by atoms with van der Waals surface area (Å²) in [5, 5.41) is 4.78. The van der Waals surface area contributed by atoms with E-state index in [1.54, 1.807) is 30.5 Å². The number of rotatable bonds is 4. The summed E-state index contributed by atoms with van der Waals surface area (Å²) in [4.78, 5) is 41.8. The summed E-state index contributed by atoms with van der Waals surface area (Å²) in [7, 11) is 1.59. The Morgan fingerprint density at radius 3 is 2.79 bits per heavy atom. The molecule has 2 heterocycles. The molecule has 146 valence electrons. The van der Waals surface area contributed by atoms with Crippen LogP contribution in [0.2, 0.25) is 0 Å². The summed E-state index contributed by atoms with van der Waals surface area (Å²) >= 11 is 1.59. The van der Waals surface area contributed by atoms with Gasteiger partial charge in [-0.05, 0) is 48.4 Å². The number of nitrogens with zero attached hydrogens (tertiary/aromatic N) is 2. The van der Waals surface area contributed by atoms with Gasteiger partial charge >= 0.3 is 6.03 Å². The van der Waals surface area contributed by atoms with Crippen LogP contribution in [0.25, 0.3) is 0 Å². The van der Waals surface area contributed by atoms with E-state index in [1.165, 1.54) is 17.0 Å². The molecule has 0 unspecified atom stereocenters. The summed E-state index contributed by atoms with van der Waals surface area (Å²) in [6, 6.07) is 7.22. The van der Waals surface area contributed by atoms with Gasteiger partial charge in [0.05, 0.1) is 0 Å². The van der Waals surface area contributed by atoms with E-state index >= 15 is 0 Å². The highest BCUT2D eigenvalue weighted by molar-refractivity contribution is 7.10. The molecule has 2 aliphatic rings. The monoisotopic (exact) mass is 401 g/mol. The van der Waals surface area contributed by atoms with Crippen molar-refractivity contribution < 1.29 is 18.8 Å². The molecule has 8 heteroatoms. The van der Waals surface area contributed by atoms with E-state index in [1.807, 2.05) is 11.4 Å². The van der Waals surface area contributed by atoms with Gasteiger partial charge < -0.3 is 10.2 Å². The van der Waals surface area contributed by atoms with Crippen LogP contribution in [0.15, 0.2) is 35.7 Å². The number of hydrogen-bond donors (Lipinski definition) is 1. The molecule has 1 spiro atoms. The van der Waals surface area contributed by atoms with Crippen LogP contribution in [0.1, 0.15) is 28.8 Å². The van der Waals surface area contributed by atoms with Crippen LogP contribution in [0.4, 0.5) is 9.18 Å². The van der Waals surface area contributed by atoms with E-state index in [2.05, 4.69) is 5.32 Å². The van der Waals surface area contributed by atoms with Gasteiger partial charge in [-0.25, -0.2) is 9.18 Å². The summed E-state index contributed by atoms with van der Waals surface area (Å²) < 4.78 is 13.0. The van der Waals surface area contributed by atoms with Gasteiger partial charge in [0.1, 0.15) is 17.9 Å². The molecular weight excluding hydrogens is 381 g/mol.